The summed E-state index contributed by atoms with van der Waals surface area (Å²) in [6.07, 6.45) is 6.09. The summed E-state index contributed by atoms with van der Waals surface area (Å²) < 4.78 is 4.75. The Morgan fingerprint density at radius 3 is 2.85 bits per heavy atom. The van der Waals surface area contributed by atoms with Crippen molar-refractivity contribution < 1.29 is 9.53 Å². The summed E-state index contributed by atoms with van der Waals surface area (Å²) in [5.74, 6) is 0.470. The molecule has 2 rings (SSSR count). The molecule has 1 aromatic rings. The smallest absolute Gasteiger partial charge is 0.337 e. The van der Waals surface area contributed by atoms with Gasteiger partial charge in [0.25, 0.3) is 0 Å². The average Bonchev–Trinajstić information content (AvgIpc) is 2.65. The number of ether oxygens (including phenoxy) is 1. The fourth-order valence-corrected chi connectivity index (χ4v) is 2.90. The average molecular weight is 296 g/mol. The monoisotopic (exact) mass is 295 g/mol. The lowest BCUT2D eigenvalue weighted by Gasteiger charge is -2.19. The molecule has 20 heavy (non-hydrogen) atoms. The fourth-order valence-electron chi connectivity index (χ4n) is 2.73. The molecule has 1 saturated carbocycles. The molecule has 0 spiro atoms. The lowest BCUT2D eigenvalue weighted by molar-refractivity contribution is 0.0601. The van der Waals surface area contributed by atoms with E-state index in [1.54, 1.807) is 18.2 Å². The van der Waals surface area contributed by atoms with E-state index in [0.29, 0.717) is 16.6 Å². The second-order valence-corrected chi connectivity index (χ2v) is 6.05. The third kappa shape index (κ3) is 3.89. The minimum Gasteiger partial charge on any atom is -0.465 e. The van der Waals surface area contributed by atoms with Gasteiger partial charge in [0.1, 0.15) is 0 Å². The largest absolute Gasteiger partial charge is 0.465 e. The first kappa shape index (κ1) is 15.2. The third-order valence-electron chi connectivity index (χ3n) is 4.00. The van der Waals surface area contributed by atoms with Crippen molar-refractivity contribution in [2.75, 3.05) is 12.4 Å². The summed E-state index contributed by atoms with van der Waals surface area (Å²) in [6.45, 7) is 2.31. The number of hydrogen-bond acceptors (Lipinski definition) is 3. The van der Waals surface area contributed by atoms with E-state index in [9.17, 15) is 4.79 Å². The highest BCUT2D eigenvalue weighted by molar-refractivity contribution is 6.33. The summed E-state index contributed by atoms with van der Waals surface area (Å²) in [5, 5.41) is 4.14. The molecule has 0 radical (unpaired) electrons. The van der Waals surface area contributed by atoms with Crippen molar-refractivity contribution in [1.82, 2.24) is 0 Å². The number of esters is 1. The van der Waals surface area contributed by atoms with Crippen molar-refractivity contribution in [2.45, 2.75) is 45.1 Å². The summed E-state index contributed by atoms with van der Waals surface area (Å²) in [5.41, 5.74) is 1.36. The van der Waals surface area contributed by atoms with E-state index in [1.165, 1.54) is 26.4 Å². The number of anilines is 1. The molecule has 3 nitrogen and oxygen atoms in total. The van der Waals surface area contributed by atoms with Crippen molar-refractivity contribution in [2.24, 2.45) is 5.92 Å². The van der Waals surface area contributed by atoms with Gasteiger partial charge in [-0.2, -0.15) is 0 Å². The van der Waals surface area contributed by atoms with Crippen molar-refractivity contribution in [1.29, 1.82) is 0 Å². The van der Waals surface area contributed by atoms with E-state index < -0.39 is 0 Å². The normalized spacial score (nSPS) is 22.9. The van der Waals surface area contributed by atoms with Crippen LogP contribution in [0.3, 0.4) is 0 Å². The molecule has 1 aliphatic carbocycles. The predicted octanol–water partition coefficient (Wildman–Crippen LogP) is 4.51. The van der Waals surface area contributed by atoms with Gasteiger partial charge in [0.15, 0.2) is 0 Å². The summed E-state index contributed by atoms with van der Waals surface area (Å²) in [4.78, 5) is 11.6. The van der Waals surface area contributed by atoms with Gasteiger partial charge in [0, 0.05) is 6.04 Å². The second kappa shape index (κ2) is 6.98. The molecule has 0 saturated heterocycles. The number of hydrogen-bond donors (Lipinski definition) is 1. The summed E-state index contributed by atoms with van der Waals surface area (Å²) in [6, 6.07) is 5.65. The standard InChI is InChI=1S/C16H22ClNO2/c1-11-4-3-5-13(8-6-11)18-15-10-12(16(19)20-2)7-9-14(15)17/h7,9-11,13,18H,3-6,8H2,1-2H3. The molecular weight excluding hydrogens is 274 g/mol. The van der Waals surface area contributed by atoms with Crippen LogP contribution in [0.25, 0.3) is 0 Å². The van der Waals surface area contributed by atoms with Crippen molar-refractivity contribution in [3.05, 3.63) is 28.8 Å². The summed E-state index contributed by atoms with van der Waals surface area (Å²) in [7, 11) is 1.39. The SMILES string of the molecule is COC(=O)c1ccc(Cl)c(NC2CCCC(C)CC2)c1. The number of halogens is 1. The van der Waals surface area contributed by atoms with Crippen LogP contribution < -0.4 is 5.32 Å². The topological polar surface area (TPSA) is 38.3 Å². The van der Waals surface area contributed by atoms with Crippen LogP contribution in [0, 0.1) is 5.92 Å². The van der Waals surface area contributed by atoms with Crippen LogP contribution >= 0.6 is 11.6 Å². The zero-order chi connectivity index (χ0) is 14.5. The van der Waals surface area contributed by atoms with E-state index in [2.05, 4.69) is 12.2 Å². The first-order valence-electron chi connectivity index (χ1n) is 7.24. The van der Waals surface area contributed by atoms with Gasteiger partial charge in [-0.25, -0.2) is 4.79 Å². The predicted molar refractivity (Wildman–Crippen MR) is 82.5 cm³/mol. The molecule has 0 bridgehead atoms. The van der Waals surface area contributed by atoms with Gasteiger partial charge in [-0.05, 0) is 43.4 Å². The maximum Gasteiger partial charge on any atom is 0.337 e. The highest BCUT2D eigenvalue weighted by atomic mass is 35.5. The van der Waals surface area contributed by atoms with Crippen LogP contribution in [0.5, 0.6) is 0 Å². The zero-order valence-corrected chi connectivity index (χ0v) is 12.9. The maximum atomic E-state index is 11.6. The highest BCUT2D eigenvalue weighted by Gasteiger charge is 2.17. The van der Waals surface area contributed by atoms with E-state index >= 15 is 0 Å². The third-order valence-corrected chi connectivity index (χ3v) is 4.33. The second-order valence-electron chi connectivity index (χ2n) is 5.64. The number of nitrogens with one attached hydrogen (secondary N) is 1. The number of rotatable bonds is 3. The maximum absolute atomic E-state index is 11.6. The molecule has 1 aromatic carbocycles. The fraction of sp³-hybridized carbons (Fsp3) is 0.562. The van der Waals surface area contributed by atoms with Crippen LogP contribution in [0.15, 0.2) is 18.2 Å². The molecule has 1 fully saturated rings. The van der Waals surface area contributed by atoms with Crippen molar-refractivity contribution in [3.8, 4) is 0 Å². The number of methoxy groups -OCH3 is 1. The van der Waals surface area contributed by atoms with E-state index in [0.717, 1.165) is 24.4 Å². The van der Waals surface area contributed by atoms with Crippen LogP contribution in [-0.4, -0.2) is 19.1 Å². The molecule has 2 atom stereocenters. The van der Waals surface area contributed by atoms with Gasteiger partial charge < -0.3 is 10.1 Å². The Balaban J connectivity index is 2.09. The molecule has 110 valence electrons. The van der Waals surface area contributed by atoms with Crippen molar-refractivity contribution >= 4 is 23.3 Å². The minimum absolute atomic E-state index is 0.334. The van der Waals surface area contributed by atoms with Gasteiger partial charge in [-0.3, -0.25) is 0 Å². The first-order valence-corrected chi connectivity index (χ1v) is 7.62. The Morgan fingerprint density at radius 2 is 2.10 bits per heavy atom. The van der Waals surface area contributed by atoms with Gasteiger partial charge in [-0.15, -0.1) is 0 Å². The van der Waals surface area contributed by atoms with Crippen LogP contribution in [0.1, 0.15) is 49.4 Å². The molecule has 1 N–H and O–H groups in total. The van der Waals surface area contributed by atoms with E-state index in [-0.39, 0.29) is 5.97 Å². The van der Waals surface area contributed by atoms with Crippen molar-refractivity contribution in [3.63, 3.8) is 0 Å². The molecular formula is C16H22ClNO2. The Labute approximate surface area is 125 Å². The molecule has 2 unspecified atom stereocenters. The van der Waals surface area contributed by atoms with Gasteiger partial charge in [0.2, 0.25) is 0 Å². The minimum atomic E-state index is -0.334. The number of carbonyl (C=O) groups is 1. The Hall–Kier alpha value is -1.22. The van der Waals surface area contributed by atoms with E-state index in [1.807, 2.05) is 0 Å². The Morgan fingerprint density at radius 1 is 1.30 bits per heavy atom. The van der Waals surface area contributed by atoms with Crippen LogP contribution in [0.2, 0.25) is 5.02 Å². The molecule has 0 amide bonds. The highest BCUT2D eigenvalue weighted by Crippen LogP contribution is 2.29. The zero-order valence-electron chi connectivity index (χ0n) is 12.1. The Bertz CT molecular complexity index is 476. The lowest BCUT2D eigenvalue weighted by Crippen LogP contribution is -2.19. The van der Waals surface area contributed by atoms with Crippen LogP contribution in [0.4, 0.5) is 5.69 Å². The molecule has 1 aliphatic rings. The van der Waals surface area contributed by atoms with Gasteiger partial charge in [-0.1, -0.05) is 31.4 Å². The van der Waals surface area contributed by atoms with E-state index in [4.69, 9.17) is 16.3 Å². The summed E-state index contributed by atoms with van der Waals surface area (Å²) >= 11 is 6.22. The number of benzene rings is 1. The van der Waals surface area contributed by atoms with Gasteiger partial charge >= 0.3 is 5.97 Å². The lowest BCUT2D eigenvalue weighted by atomic mass is 10.0. The molecule has 4 heteroatoms. The molecule has 0 heterocycles. The van der Waals surface area contributed by atoms with Gasteiger partial charge in [0.05, 0.1) is 23.4 Å². The quantitative estimate of drug-likeness (QED) is 0.659. The molecule has 0 aliphatic heterocycles. The Kier molecular flexibility index (Phi) is 5.30. The van der Waals surface area contributed by atoms with Crippen LogP contribution in [-0.2, 0) is 4.74 Å². The number of carbonyl (C=O) groups excluding carboxylic acids is 1. The molecule has 0 aromatic heterocycles. The first-order chi connectivity index (χ1) is 9.60.